The highest BCUT2D eigenvalue weighted by molar-refractivity contribution is 7.89. The summed E-state index contributed by atoms with van der Waals surface area (Å²) in [5, 5.41) is 14.7. The highest BCUT2D eigenvalue weighted by atomic mass is 32.2. The molecule has 10 nitrogen and oxygen atoms in total. The van der Waals surface area contributed by atoms with Gasteiger partial charge in [0.05, 0.1) is 48.3 Å². The number of ether oxygens (including phenoxy) is 2. The van der Waals surface area contributed by atoms with Crippen LogP contribution in [0.3, 0.4) is 0 Å². The van der Waals surface area contributed by atoms with Gasteiger partial charge in [0.15, 0.2) is 0 Å². The number of morpholine rings is 1. The number of benzene rings is 1. The Morgan fingerprint density at radius 3 is 2.77 bits per heavy atom. The molecule has 4 rings (SSSR count). The van der Waals surface area contributed by atoms with Gasteiger partial charge in [-0.25, -0.2) is 8.42 Å². The maximum atomic E-state index is 12.8. The van der Waals surface area contributed by atoms with E-state index in [0.717, 1.165) is 36.7 Å². The number of anilines is 1. The van der Waals surface area contributed by atoms with E-state index in [1.807, 2.05) is 0 Å². The lowest BCUT2D eigenvalue weighted by atomic mass is 10.1. The average Bonchev–Trinajstić information content (AvgIpc) is 2.72. The number of allylic oxidation sites excluding steroid dienone is 2. The van der Waals surface area contributed by atoms with Crippen LogP contribution in [0.5, 0.6) is 0 Å². The molecular formula is C19H24N4O6S. The molecule has 0 spiro atoms. The molecular weight excluding hydrogens is 412 g/mol. The summed E-state index contributed by atoms with van der Waals surface area (Å²) in [6.45, 7) is 4.19. The van der Waals surface area contributed by atoms with Crippen LogP contribution in [0.15, 0.2) is 47.5 Å². The van der Waals surface area contributed by atoms with Gasteiger partial charge in [-0.15, -0.1) is 0 Å². The third kappa shape index (κ3) is 4.33. The molecule has 1 N–H and O–H groups in total. The molecule has 2 fully saturated rings. The Kier molecular flexibility index (Phi) is 6.04. The molecule has 3 aliphatic rings. The molecule has 162 valence electrons. The minimum atomic E-state index is -3.86. The van der Waals surface area contributed by atoms with Gasteiger partial charge in [0.1, 0.15) is 5.69 Å². The van der Waals surface area contributed by atoms with Crippen molar-refractivity contribution in [1.29, 1.82) is 0 Å². The fourth-order valence-corrected chi connectivity index (χ4v) is 4.88. The fourth-order valence-electron chi connectivity index (χ4n) is 3.59. The zero-order valence-corrected chi connectivity index (χ0v) is 17.2. The Bertz CT molecular complexity index is 960. The molecule has 3 heterocycles. The van der Waals surface area contributed by atoms with Gasteiger partial charge in [-0.1, -0.05) is 12.2 Å². The number of nitro benzene ring substituents is 1. The molecule has 2 saturated heterocycles. The lowest BCUT2D eigenvalue weighted by molar-refractivity contribution is -0.384. The second-order valence-corrected chi connectivity index (χ2v) is 9.23. The number of nitro groups is 1. The predicted molar refractivity (Wildman–Crippen MR) is 110 cm³/mol. The van der Waals surface area contributed by atoms with Crippen LogP contribution in [0.1, 0.15) is 0 Å². The molecule has 1 unspecified atom stereocenters. The van der Waals surface area contributed by atoms with E-state index in [2.05, 4.69) is 10.2 Å². The first kappa shape index (κ1) is 20.8. The number of hydrogen-bond acceptors (Lipinski definition) is 8. The van der Waals surface area contributed by atoms with Crippen molar-refractivity contribution in [2.45, 2.75) is 17.0 Å². The predicted octanol–water partition coefficient (Wildman–Crippen LogP) is 1.18. The third-order valence-corrected chi connectivity index (χ3v) is 7.12. The van der Waals surface area contributed by atoms with Crippen LogP contribution in [-0.2, 0) is 19.5 Å². The molecule has 0 saturated carbocycles. The molecule has 30 heavy (non-hydrogen) atoms. The van der Waals surface area contributed by atoms with E-state index in [-0.39, 0.29) is 28.9 Å². The van der Waals surface area contributed by atoms with E-state index in [1.54, 1.807) is 18.2 Å². The summed E-state index contributed by atoms with van der Waals surface area (Å²) in [5.74, 6) is 0. The molecule has 0 radical (unpaired) electrons. The highest BCUT2D eigenvalue weighted by Crippen LogP contribution is 2.29. The van der Waals surface area contributed by atoms with Gasteiger partial charge in [-0.2, -0.15) is 0 Å². The summed E-state index contributed by atoms with van der Waals surface area (Å²) in [7, 11) is -3.86. The Labute approximate surface area is 174 Å². The van der Waals surface area contributed by atoms with Gasteiger partial charge in [-0.3, -0.25) is 19.3 Å². The van der Waals surface area contributed by atoms with E-state index >= 15 is 0 Å². The fraction of sp³-hybridized carbons (Fsp3) is 0.474. The molecule has 0 aromatic heterocycles. The monoisotopic (exact) mass is 436 g/mol. The smallest absolute Gasteiger partial charge is 0.293 e. The number of rotatable bonds is 7. The SMILES string of the molecule is O=[N+]([O-])c1cc(S(=O)(=O)N2C=CC=CC2)ccc1NCC1CN(C2COC2)CCO1. The van der Waals surface area contributed by atoms with Crippen LogP contribution in [0.25, 0.3) is 0 Å². The second kappa shape index (κ2) is 8.72. The van der Waals surface area contributed by atoms with Gasteiger partial charge in [0, 0.05) is 31.9 Å². The molecule has 11 heteroatoms. The first-order valence-corrected chi connectivity index (χ1v) is 11.2. The van der Waals surface area contributed by atoms with Crippen molar-refractivity contribution in [3.63, 3.8) is 0 Å². The van der Waals surface area contributed by atoms with E-state index < -0.39 is 14.9 Å². The summed E-state index contributed by atoms with van der Waals surface area (Å²) < 4.78 is 37.7. The first-order valence-electron chi connectivity index (χ1n) is 9.76. The topological polar surface area (TPSA) is 114 Å². The summed E-state index contributed by atoms with van der Waals surface area (Å²) >= 11 is 0. The third-order valence-electron chi connectivity index (χ3n) is 5.38. The van der Waals surface area contributed by atoms with Crippen LogP contribution in [-0.4, -0.2) is 80.7 Å². The zero-order valence-electron chi connectivity index (χ0n) is 16.3. The molecule has 1 aromatic rings. The number of hydrogen-bond donors (Lipinski definition) is 1. The van der Waals surface area contributed by atoms with Gasteiger partial charge in [0.25, 0.3) is 15.7 Å². The minimum Gasteiger partial charge on any atom is -0.378 e. The lowest BCUT2D eigenvalue weighted by Crippen LogP contribution is -2.56. The van der Waals surface area contributed by atoms with Crippen molar-refractivity contribution in [3.8, 4) is 0 Å². The Morgan fingerprint density at radius 1 is 1.27 bits per heavy atom. The largest absolute Gasteiger partial charge is 0.378 e. The summed E-state index contributed by atoms with van der Waals surface area (Å²) in [5.41, 5.74) is -0.0200. The molecule has 0 bridgehead atoms. The average molecular weight is 436 g/mol. The molecule has 0 aliphatic carbocycles. The quantitative estimate of drug-likeness (QED) is 0.501. The van der Waals surface area contributed by atoms with Crippen molar-refractivity contribution in [2.24, 2.45) is 0 Å². The number of nitrogens with zero attached hydrogens (tertiary/aromatic N) is 3. The van der Waals surface area contributed by atoms with E-state index in [0.29, 0.717) is 19.2 Å². The molecule has 1 aromatic carbocycles. The second-order valence-electron chi connectivity index (χ2n) is 7.34. The van der Waals surface area contributed by atoms with Crippen LogP contribution < -0.4 is 5.32 Å². The number of nitrogens with one attached hydrogen (secondary N) is 1. The van der Waals surface area contributed by atoms with Crippen molar-refractivity contribution in [2.75, 3.05) is 51.3 Å². The van der Waals surface area contributed by atoms with Crippen molar-refractivity contribution < 1.29 is 22.8 Å². The summed E-state index contributed by atoms with van der Waals surface area (Å²) in [6, 6.07) is 4.34. The Balaban J connectivity index is 1.46. The molecule has 0 amide bonds. The zero-order chi connectivity index (χ0) is 21.1. The van der Waals surface area contributed by atoms with Crippen LogP contribution in [0, 0.1) is 10.1 Å². The van der Waals surface area contributed by atoms with Crippen molar-refractivity contribution in [1.82, 2.24) is 9.21 Å². The van der Waals surface area contributed by atoms with Gasteiger partial charge >= 0.3 is 0 Å². The van der Waals surface area contributed by atoms with E-state index in [4.69, 9.17) is 9.47 Å². The van der Waals surface area contributed by atoms with E-state index in [1.165, 1.54) is 18.3 Å². The van der Waals surface area contributed by atoms with Crippen LogP contribution in [0.2, 0.25) is 0 Å². The van der Waals surface area contributed by atoms with Crippen LogP contribution >= 0.6 is 0 Å². The molecule has 3 aliphatic heterocycles. The van der Waals surface area contributed by atoms with Gasteiger partial charge < -0.3 is 14.8 Å². The van der Waals surface area contributed by atoms with Gasteiger partial charge in [0.2, 0.25) is 0 Å². The Morgan fingerprint density at radius 2 is 2.10 bits per heavy atom. The van der Waals surface area contributed by atoms with Gasteiger partial charge in [-0.05, 0) is 18.2 Å². The maximum Gasteiger partial charge on any atom is 0.293 e. The highest BCUT2D eigenvalue weighted by Gasteiger charge is 2.31. The maximum absolute atomic E-state index is 12.8. The minimum absolute atomic E-state index is 0.118. The number of sulfonamides is 1. The van der Waals surface area contributed by atoms with E-state index in [9.17, 15) is 18.5 Å². The standard InChI is InChI=1S/C19H24N4O6S/c24-23(25)19-10-17(30(26,27)22-6-2-1-3-7-22)4-5-18(19)20-11-16-12-21(8-9-29-16)15-13-28-14-15/h1-6,10,15-16,20H,7-9,11-14H2. The molecule has 1 atom stereocenters. The summed E-state index contributed by atoms with van der Waals surface area (Å²) in [6.07, 6.45) is 6.37. The van der Waals surface area contributed by atoms with Crippen molar-refractivity contribution in [3.05, 3.63) is 52.7 Å². The summed E-state index contributed by atoms with van der Waals surface area (Å²) in [4.78, 5) is 13.2. The van der Waals surface area contributed by atoms with Crippen molar-refractivity contribution >= 4 is 21.4 Å². The Hall–Kier alpha value is -2.47. The van der Waals surface area contributed by atoms with Crippen LogP contribution in [0.4, 0.5) is 11.4 Å². The first-order chi connectivity index (χ1) is 14.4. The normalized spacial score (nSPS) is 22.7. The lowest BCUT2D eigenvalue weighted by Gasteiger charge is -2.42.